The van der Waals surface area contributed by atoms with Gasteiger partial charge in [-0.2, -0.15) is 4.98 Å². The number of aryl methyl sites for hydroxylation is 2. The lowest BCUT2D eigenvalue weighted by atomic mass is 10.2. The van der Waals surface area contributed by atoms with Gasteiger partial charge in [0, 0.05) is 6.42 Å². The van der Waals surface area contributed by atoms with E-state index >= 15 is 0 Å². The molecule has 0 fully saturated rings. The average Bonchev–Trinajstić information content (AvgIpc) is 2.45. The van der Waals surface area contributed by atoms with E-state index in [1.807, 2.05) is 39.0 Å². The van der Waals surface area contributed by atoms with Crippen LogP contribution in [0, 0.1) is 13.8 Å². The van der Waals surface area contributed by atoms with Gasteiger partial charge in [-0.25, -0.2) is 4.98 Å². The van der Waals surface area contributed by atoms with E-state index in [9.17, 15) is 0 Å². The van der Waals surface area contributed by atoms with E-state index in [0.717, 1.165) is 11.1 Å². The first-order valence-electron chi connectivity index (χ1n) is 6.50. The van der Waals surface area contributed by atoms with Gasteiger partial charge in [-0.15, -0.1) is 0 Å². The number of benzene rings is 1. The summed E-state index contributed by atoms with van der Waals surface area (Å²) in [6.45, 7) is 5.81. The molecule has 0 atom stereocenters. The van der Waals surface area contributed by atoms with Crippen molar-refractivity contribution >= 4 is 5.82 Å². The molecule has 1 aromatic carbocycles. The maximum atomic E-state index is 5.88. The molecule has 0 saturated heterocycles. The van der Waals surface area contributed by atoms with Crippen LogP contribution in [0.5, 0.6) is 17.4 Å². The number of rotatable bonds is 4. The molecule has 5 heteroatoms. The lowest BCUT2D eigenvalue weighted by Gasteiger charge is -2.13. The van der Waals surface area contributed by atoms with Gasteiger partial charge in [-0.05, 0) is 31.5 Å². The van der Waals surface area contributed by atoms with Gasteiger partial charge in [-0.3, -0.25) is 0 Å². The van der Waals surface area contributed by atoms with E-state index in [0.29, 0.717) is 35.4 Å². The molecule has 0 bridgehead atoms. The van der Waals surface area contributed by atoms with Crippen molar-refractivity contribution in [2.45, 2.75) is 27.2 Å². The first-order valence-corrected chi connectivity index (χ1v) is 6.50. The Kier molecular flexibility index (Phi) is 4.08. The molecule has 0 aliphatic rings. The molecule has 106 valence electrons. The van der Waals surface area contributed by atoms with Crippen molar-refractivity contribution in [3.63, 3.8) is 0 Å². The molecule has 0 saturated carbocycles. The van der Waals surface area contributed by atoms with Gasteiger partial charge in [0.2, 0.25) is 5.88 Å². The quantitative estimate of drug-likeness (QED) is 0.927. The number of nitrogens with zero attached hydrogens (tertiary/aromatic N) is 2. The second kappa shape index (κ2) is 5.77. The van der Waals surface area contributed by atoms with Crippen LogP contribution in [0.4, 0.5) is 5.82 Å². The maximum Gasteiger partial charge on any atom is 0.227 e. The summed E-state index contributed by atoms with van der Waals surface area (Å²) in [7, 11) is 1.61. The molecule has 5 nitrogen and oxygen atoms in total. The lowest BCUT2D eigenvalue weighted by molar-refractivity contribution is 0.372. The van der Waals surface area contributed by atoms with Crippen LogP contribution in [-0.2, 0) is 6.42 Å². The zero-order chi connectivity index (χ0) is 14.7. The first kappa shape index (κ1) is 14.1. The normalized spacial score (nSPS) is 10.4. The predicted molar refractivity (Wildman–Crippen MR) is 78.4 cm³/mol. The fraction of sp³-hybridized carbons (Fsp3) is 0.333. The summed E-state index contributed by atoms with van der Waals surface area (Å²) < 4.78 is 11.2. The summed E-state index contributed by atoms with van der Waals surface area (Å²) >= 11 is 0. The largest absolute Gasteiger partial charge is 0.493 e. The third-order valence-electron chi connectivity index (χ3n) is 3.03. The van der Waals surface area contributed by atoms with Crippen LogP contribution < -0.4 is 15.2 Å². The summed E-state index contributed by atoms with van der Waals surface area (Å²) in [4.78, 5) is 8.58. The molecule has 2 N–H and O–H groups in total. The lowest BCUT2D eigenvalue weighted by Crippen LogP contribution is -2.04. The molecular formula is C15H19N3O2. The third kappa shape index (κ3) is 2.82. The minimum absolute atomic E-state index is 0.443. The van der Waals surface area contributed by atoms with E-state index in [-0.39, 0.29) is 0 Å². The van der Waals surface area contributed by atoms with E-state index in [4.69, 9.17) is 15.2 Å². The van der Waals surface area contributed by atoms with Gasteiger partial charge >= 0.3 is 0 Å². The van der Waals surface area contributed by atoms with Crippen LogP contribution in [-0.4, -0.2) is 17.1 Å². The van der Waals surface area contributed by atoms with Crippen LogP contribution in [0.3, 0.4) is 0 Å². The van der Waals surface area contributed by atoms with E-state index in [1.165, 1.54) is 0 Å². The molecular weight excluding hydrogens is 254 g/mol. The number of nitrogens with two attached hydrogens (primary N) is 1. The summed E-state index contributed by atoms with van der Waals surface area (Å²) in [5.41, 5.74) is 7.71. The van der Waals surface area contributed by atoms with Crippen molar-refractivity contribution in [1.82, 2.24) is 9.97 Å². The standard InChI is InChI=1S/C15H19N3O2/c1-5-13-17-14(16)10(3)15(18-13)20-11-7-6-9(2)8-12(11)19-4/h6-8H,5H2,1-4H3,(H2,16,17,18). The van der Waals surface area contributed by atoms with E-state index in [2.05, 4.69) is 9.97 Å². The summed E-state index contributed by atoms with van der Waals surface area (Å²) in [6, 6.07) is 5.73. The molecule has 0 spiro atoms. The van der Waals surface area contributed by atoms with Gasteiger partial charge in [0.05, 0.1) is 12.7 Å². The molecule has 0 aliphatic carbocycles. The molecule has 0 aliphatic heterocycles. The molecule has 0 radical (unpaired) electrons. The van der Waals surface area contributed by atoms with Gasteiger partial charge < -0.3 is 15.2 Å². The SMILES string of the molecule is CCc1nc(N)c(C)c(Oc2ccc(C)cc2OC)n1. The highest BCUT2D eigenvalue weighted by atomic mass is 16.5. The Labute approximate surface area is 118 Å². The molecule has 2 aromatic rings. The second-order valence-corrected chi connectivity index (χ2v) is 4.57. The molecule has 2 rings (SSSR count). The highest BCUT2D eigenvalue weighted by molar-refractivity contribution is 5.49. The topological polar surface area (TPSA) is 70.3 Å². The maximum absolute atomic E-state index is 5.88. The Hall–Kier alpha value is -2.30. The minimum Gasteiger partial charge on any atom is -0.493 e. The molecule has 1 heterocycles. The zero-order valence-electron chi connectivity index (χ0n) is 12.2. The number of aromatic nitrogens is 2. The van der Waals surface area contributed by atoms with Crippen LogP contribution in [0.2, 0.25) is 0 Å². The van der Waals surface area contributed by atoms with Gasteiger partial charge in [0.15, 0.2) is 11.5 Å². The molecule has 1 aromatic heterocycles. The fourth-order valence-corrected chi connectivity index (χ4v) is 1.78. The number of hydrogen-bond acceptors (Lipinski definition) is 5. The molecule has 0 unspecified atom stereocenters. The van der Waals surface area contributed by atoms with Crippen molar-refractivity contribution in [1.29, 1.82) is 0 Å². The van der Waals surface area contributed by atoms with E-state index in [1.54, 1.807) is 7.11 Å². The van der Waals surface area contributed by atoms with Crippen molar-refractivity contribution < 1.29 is 9.47 Å². The Morgan fingerprint density at radius 2 is 1.90 bits per heavy atom. The third-order valence-corrected chi connectivity index (χ3v) is 3.03. The smallest absolute Gasteiger partial charge is 0.227 e. The molecule has 0 amide bonds. The highest BCUT2D eigenvalue weighted by Crippen LogP contribution is 2.33. The van der Waals surface area contributed by atoms with Gasteiger partial charge in [-0.1, -0.05) is 13.0 Å². The van der Waals surface area contributed by atoms with Crippen LogP contribution in [0.15, 0.2) is 18.2 Å². The summed E-state index contributed by atoms with van der Waals surface area (Å²) in [6.07, 6.45) is 0.700. The Bertz CT molecular complexity index is 627. The van der Waals surface area contributed by atoms with Crippen molar-refractivity contribution in [3.8, 4) is 17.4 Å². The summed E-state index contributed by atoms with van der Waals surface area (Å²) in [5.74, 6) is 2.85. The Morgan fingerprint density at radius 3 is 2.55 bits per heavy atom. The fourth-order valence-electron chi connectivity index (χ4n) is 1.78. The Balaban J connectivity index is 2.42. The van der Waals surface area contributed by atoms with Gasteiger partial charge in [0.1, 0.15) is 11.6 Å². The Morgan fingerprint density at radius 1 is 1.15 bits per heavy atom. The average molecular weight is 273 g/mol. The summed E-state index contributed by atoms with van der Waals surface area (Å²) in [5, 5.41) is 0. The first-order chi connectivity index (χ1) is 9.55. The number of nitrogen functional groups attached to an aromatic ring is 1. The van der Waals surface area contributed by atoms with Gasteiger partial charge in [0.25, 0.3) is 0 Å². The highest BCUT2D eigenvalue weighted by Gasteiger charge is 2.12. The minimum atomic E-state index is 0.443. The van der Waals surface area contributed by atoms with E-state index < -0.39 is 0 Å². The van der Waals surface area contributed by atoms with Crippen LogP contribution in [0.25, 0.3) is 0 Å². The van der Waals surface area contributed by atoms with Crippen molar-refractivity contribution in [2.75, 3.05) is 12.8 Å². The van der Waals surface area contributed by atoms with Crippen molar-refractivity contribution in [2.24, 2.45) is 0 Å². The van der Waals surface area contributed by atoms with Crippen LogP contribution >= 0.6 is 0 Å². The zero-order valence-corrected chi connectivity index (χ0v) is 12.2. The number of hydrogen-bond donors (Lipinski definition) is 1. The van der Waals surface area contributed by atoms with Crippen LogP contribution in [0.1, 0.15) is 23.9 Å². The number of methoxy groups -OCH3 is 1. The second-order valence-electron chi connectivity index (χ2n) is 4.57. The predicted octanol–water partition coefficient (Wildman–Crippen LogP) is 3.04. The number of anilines is 1. The monoisotopic (exact) mass is 273 g/mol. The van der Waals surface area contributed by atoms with Crippen molar-refractivity contribution in [3.05, 3.63) is 35.2 Å². The number of ether oxygens (including phenoxy) is 2. The molecule has 20 heavy (non-hydrogen) atoms.